The highest BCUT2D eigenvalue weighted by molar-refractivity contribution is 7.93. The fourth-order valence-electron chi connectivity index (χ4n) is 8.75. The number of aromatic nitrogens is 3. The first-order valence-electron chi connectivity index (χ1n) is 18.0. The molecule has 1 unspecified atom stereocenters. The molecule has 1 aromatic heterocycles. The van der Waals surface area contributed by atoms with Crippen LogP contribution in [-0.2, 0) is 15.1 Å². The summed E-state index contributed by atoms with van der Waals surface area (Å²) in [5.74, 6) is 0.891. The lowest BCUT2D eigenvalue weighted by atomic mass is 9.70. The third-order valence-corrected chi connectivity index (χ3v) is 13.1. The molecule has 0 amide bonds. The van der Waals surface area contributed by atoms with E-state index in [9.17, 15) is 0 Å². The van der Waals surface area contributed by atoms with Gasteiger partial charge in [-0.25, -0.2) is 9.19 Å². The summed E-state index contributed by atoms with van der Waals surface area (Å²) in [6, 6.07) is 60.1. The van der Waals surface area contributed by atoms with Crippen molar-refractivity contribution in [3.63, 3.8) is 0 Å². The minimum atomic E-state index is -3.41. The van der Waals surface area contributed by atoms with Crippen molar-refractivity contribution in [2.45, 2.75) is 15.5 Å². The normalized spacial score (nSPS) is 16.7. The SMILES string of the molecule is O=S1(c2nc(-c3ccccc3)nc(-c3ccccc3)n2)=NC(c2cccc3c2-c2ccccc2C32c3ccccc3-c3ccccc32)=Cc2ccccc21. The van der Waals surface area contributed by atoms with Crippen LogP contribution < -0.4 is 0 Å². The van der Waals surface area contributed by atoms with Crippen molar-refractivity contribution < 1.29 is 4.21 Å². The number of benzene rings is 7. The van der Waals surface area contributed by atoms with Crippen LogP contribution in [-0.4, -0.2) is 19.2 Å². The quantitative estimate of drug-likeness (QED) is 0.182. The Bertz CT molecular complexity index is 2900. The fourth-order valence-corrected chi connectivity index (χ4v) is 10.7. The van der Waals surface area contributed by atoms with Gasteiger partial charge in [0.05, 0.1) is 16.0 Å². The van der Waals surface area contributed by atoms with Crippen LogP contribution in [0.1, 0.15) is 33.4 Å². The lowest BCUT2D eigenvalue weighted by Crippen LogP contribution is -2.25. The Morgan fingerprint density at radius 2 is 0.907 bits per heavy atom. The number of hydrogen-bond donors (Lipinski definition) is 0. The smallest absolute Gasteiger partial charge is 0.236 e. The summed E-state index contributed by atoms with van der Waals surface area (Å²) in [7, 11) is -3.41. The van der Waals surface area contributed by atoms with Crippen LogP contribution in [0.15, 0.2) is 190 Å². The molecule has 254 valence electrons. The predicted octanol–water partition coefficient (Wildman–Crippen LogP) is 10.9. The molecule has 0 saturated heterocycles. The van der Waals surface area contributed by atoms with E-state index in [-0.39, 0.29) is 5.16 Å². The molecule has 2 heterocycles. The number of hydrogen-bond acceptors (Lipinski definition) is 5. The van der Waals surface area contributed by atoms with Crippen LogP contribution in [0.2, 0.25) is 0 Å². The molecule has 5 nitrogen and oxygen atoms in total. The monoisotopic (exact) mass is 710 g/mol. The molecule has 1 atom stereocenters. The molecular weight excluding hydrogens is 681 g/mol. The number of fused-ring (bicyclic) bond motifs is 11. The Kier molecular flexibility index (Phi) is 6.63. The number of nitrogens with zero attached hydrogens (tertiary/aromatic N) is 4. The first-order valence-corrected chi connectivity index (χ1v) is 19.5. The van der Waals surface area contributed by atoms with Crippen molar-refractivity contribution in [3.05, 3.63) is 209 Å². The molecule has 8 aromatic rings. The van der Waals surface area contributed by atoms with Crippen LogP contribution >= 0.6 is 0 Å². The van der Waals surface area contributed by atoms with Gasteiger partial charge in [-0.15, -0.1) is 0 Å². The largest absolute Gasteiger partial charge is 0.236 e. The molecule has 0 radical (unpaired) electrons. The highest BCUT2D eigenvalue weighted by atomic mass is 32.2. The summed E-state index contributed by atoms with van der Waals surface area (Å²) in [5, 5.41) is 0.136. The number of rotatable bonds is 4. The summed E-state index contributed by atoms with van der Waals surface area (Å²) >= 11 is 0. The van der Waals surface area contributed by atoms with Gasteiger partial charge in [0, 0.05) is 16.7 Å². The lowest BCUT2D eigenvalue weighted by molar-refractivity contribution is 0.667. The second kappa shape index (κ2) is 11.6. The van der Waals surface area contributed by atoms with E-state index < -0.39 is 15.1 Å². The third kappa shape index (κ3) is 4.26. The van der Waals surface area contributed by atoms with Gasteiger partial charge in [-0.3, -0.25) is 0 Å². The average molecular weight is 711 g/mol. The molecule has 0 bridgehead atoms. The molecule has 1 spiro atoms. The Morgan fingerprint density at radius 3 is 1.54 bits per heavy atom. The minimum absolute atomic E-state index is 0.136. The zero-order chi connectivity index (χ0) is 35.9. The van der Waals surface area contributed by atoms with Crippen LogP contribution in [0.5, 0.6) is 0 Å². The van der Waals surface area contributed by atoms with E-state index in [1.165, 1.54) is 33.4 Å². The van der Waals surface area contributed by atoms with Crippen molar-refractivity contribution >= 4 is 21.5 Å². The topological polar surface area (TPSA) is 68.1 Å². The molecular formula is C48H30N4OS. The molecule has 7 aromatic carbocycles. The second-order valence-corrected chi connectivity index (χ2v) is 15.8. The fraction of sp³-hybridized carbons (Fsp3) is 0.0208. The molecule has 54 heavy (non-hydrogen) atoms. The molecule has 6 heteroatoms. The van der Waals surface area contributed by atoms with E-state index in [1.807, 2.05) is 84.9 Å². The van der Waals surface area contributed by atoms with E-state index in [0.29, 0.717) is 22.2 Å². The molecule has 1 aliphatic heterocycles. The lowest BCUT2D eigenvalue weighted by Gasteiger charge is -2.30. The van der Waals surface area contributed by atoms with Gasteiger partial charge in [-0.05, 0) is 62.2 Å². The van der Waals surface area contributed by atoms with Crippen molar-refractivity contribution in [1.29, 1.82) is 0 Å². The van der Waals surface area contributed by atoms with Gasteiger partial charge in [0.25, 0.3) is 0 Å². The Hall–Kier alpha value is -6.76. The minimum Gasteiger partial charge on any atom is -0.236 e. The van der Waals surface area contributed by atoms with E-state index in [4.69, 9.17) is 19.3 Å². The molecule has 0 saturated carbocycles. The summed E-state index contributed by atoms with van der Waals surface area (Å²) in [6.07, 6.45) is 2.07. The van der Waals surface area contributed by atoms with E-state index in [1.54, 1.807) is 0 Å². The highest BCUT2D eigenvalue weighted by Crippen LogP contribution is 2.63. The first kappa shape index (κ1) is 30.8. The van der Waals surface area contributed by atoms with Gasteiger partial charge in [0.2, 0.25) is 5.16 Å². The zero-order valence-electron chi connectivity index (χ0n) is 28.9. The molecule has 2 aliphatic carbocycles. The van der Waals surface area contributed by atoms with E-state index >= 15 is 4.21 Å². The maximum absolute atomic E-state index is 15.9. The van der Waals surface area contributed by atoms with Crippen molar-refractivity contribution in [2.24, 2.45) is 4.36 Å². The molecule has 11 rings (SSSR count). The predicted molar refractivity (Wildman–Crippen MR) is 215 cm³/mol. The summed E-state index contributed by atoms with van der Waals surface area (Å²) in [6.45, 7) is 0. The van der Waals surface area contributed by atoms with Gasteiger partial charge in [-0.1, -0.05) is 170 Å². The second-order valence-electron chi connectivity index (χ2n) is 13.8. The summed E-state index contributed by atoms with van der Waals surface area (Å²) in [5.41, 5.74) is 13.2. The van der Waals surface area contributed by atoms with Crippen molar-refractivity contribution in [3.8, 4) is 45.0 Å². The van der Waals surface area contributed by atoms with Gasteiger partial charge in [-0.2, -0.15) is 14.3 Å². The van der Waals surface area contributed by atoms with Gasteiger partial charge in [0.1, 0.15) is 9.73 Å². The molecule has 0 N–H and O–H groups in total. The molecule has 0 fully saturated rings. The van der Waals surface area contributed by atoms with Crippen LogP contribution in [0.25, 0.3) is 56.8 Å². The van der Waals surface area contributed by atoms with Crippen LogP contribution in [0.4, 0.5) is 0 Å². The standard InChI is InChI=1S/C48H30N4OS/c53-54(47-50-45(31-16-3-1-4-17-31)49-46(51-47)32-18-5-2-6-19-32)43-29-14-7-20-33(43)30-42(52-54)37-24-15-28-41-44(37)36-23-10-13-27-40(36)48(41)38-25-11-8-21-34(38)35-22-9-12-26-39(35)48/h1-30H. The highest BCUT2D eigenvalue weighted by Gasteiger charge is 2.52. The average Bonchev–Trinajstić information content (AvgIpc) is 3.72. The summed E-state index contributed by atoms with van der Waals surface area (Å²) < 4.78 is 21.2. The Labute approximate surface area is 313 Å². The Morgan fingerprint density at radius 1 is 0.426 bits per heavy atom. The zero-order valence-corrected chi connectivity index (χ0v) is 29.7. The van der Waals surface area contributed by atoms with Crippen LogP contribution in [0, 0.1) is 0 Å². The van der Waals surface area contributed by atoms with Crippen molar-refractivity contribution in [1.82, 2.24) is 15.0 Å². The maximum Gasteiger partial charge on any atom is 0.236 e. The molecule has 3 aliphatic rings. The van der Waals surface area contributed by atoms with Gasteiger partial charge < -0.3 is 0 Å². The van der Waals surface area contributed by atoms with E-state index in [0.717, 1.165) is 33.4 Å². The van der Waals surface area contributed by atoms with Crippen LogP contribution in [0.3, 0.4) is 0 Å². The van der Waals surface area contributed by atoms with E-state index in [2.05, 4.69) is 97.1 Å². The van der Waals surface area contributed by atoms with Gasteiger partial charge in [0.15, 0.2) is 11.6 Å². The van der Waals surface area contributed by atoms with Gasteiger partial charge >= 0.3 is 0 Å². The third-order valence-electron chi connectivity index (χ3n) is 11.0. The van der Waals surface area contributed by atoms with Crippen molar-refractivity contribution in [2.75, 3.05) is 0 Å². The maximum atomic E-state index is 15.9. The summed E-state index contributed by atoms with van der Waals surface area (Å²) in [4.78, 5) is 15.4. The first-order chi connectivity index (χ1) is 26.6. The Balaban J connectivity index is 1.19.